The summed E-state index contributed by atoms with van der Waals surface area (Å²) in [6, 6.07) is 2.88. The Balaban J connectivity index is 1.49. The Morgan fingerprint density at radius 2 is 2.14 bits per heavy atom. The highest BCUT2D eigenvalue weighted by atomic mass is 32.1. The summed E-state index contributed by atoms with van der Waals surface area (Å²) in [6.45, 7) is 4.85. The first-order valence-corrected chi connectivity index (χ1v) is 9.94. The zero-order valence-electron chi connectivity index (χ0n) is 15.9. The topological polar surface area (TPSA) is 60.5 Å². The van der Waals surface area contributed by atoms with Gasteiger partial charge in [0.15, 0.2) is 16.6 Å². The number of nitrogens with one attached hydrogen (secondary N) is 1. The molecule has 0 bridgehead atoms. The van der Waals surface area contributed by atoms with Crippen LogP contribution in [0.2, 0.25) is 0 Å². The van der Waals surface area contributed by atoms with Gasteiger partial charge in [0.25, 0.3) is 5.92 Å². The highest BCUT2D eigenvalue weighted by molar-refractivity contribution is 7.18. The Bertz CT molecular complexity index is 847. The molecule has 0 aliphatic heterocycles. The van der Waals surface area contributed by atoms with Crippen LogP contribution in [0, 0.1) is 11.7 Å². The fourth-order valence-corrected chi connectivity index (χ4v) is 3.99. The molecule has 3 rings (SSSR count). The van der Waals surface area contributed by atoms with E-state index in [0.29, 0.717) is 24.6 Å². The summed E-state index contributed by atoms with van der Waals surface area (Å²) in [7, 11) is 0. The Morgan fingerprint density at radius 3 is 2.79 bits per heavy atom. The van der Waals surface area contributed by atoms with Crippen molar-refractivity contribution in [2.24, 2.45) is 5.92 Å². The summed E-state index contributed by atoms with van der Waals surface area (Å²) >= 11 is 0.647. The number of rotatable bonds is 8. The average molecular weight is 416 g/mol. The van der Waals surface area contributed by atoms with Crippen molar-refractivity contribution >= 4 is 27.5 Å². The standard InChI is InChI=1S/C19H23F3N2O3S/c1-10(23-11(2)25)8-26-13-6-12(7-13)9-27-15-5-4-14-17(16(15)20)28-18(24-14)19(3,21)22/h4-5,10,12-13H,6-9H2,1-3H3,(H,23,25)/t10-,12?,13?/m0/s1. The number of aromatic nitrogens is 1. The molecule has 1 atom stereocenters. The third-order valence-electron chi connectivity index (χ3n) is 4.54. The van der Waals surface area contributed by atoms with E-state index < -0.39 is 16.7 Å². The van der Waals surface area contributed by atoms with Crippen LogP contribution in [-0.2, 0) is 15.5 Å². The van der Waals surface area contributed by atoms with Crippen LogP contribution in [0.15, 0.2) is 12.1 Å². The SMILES string of the molecule is CC(=O)N[C@@H](C)COC1CC(COc2ccc3nc(C(C)(F)F)sc3c2F)C1. The molecule has 2 aromatic rings. The molecule has 1 N–H and O–H groups in total. The molecule has 0 spiro atoms. The number of amides is 1. The monoisotopic (exact) mass is 416 g/mol. The van der Waals surface area contributed by atoms with Gasteiger partial charge in [-0.05, 0) is 37.8 Å². The lowest BCUT2D eigenvalue weighted by atomic mass is 9.83. The van der Waals surface area contributed by atoms with Crippen molar-refractivity contribution in [2.45, 2.75) is 51.7 Å². The number of fused-ring (bicyclic) bond motifs is 1. The molecule has 1 aromatic heterocycles. The van der Waals surface area contributed by atoms with E-state index in [0.717, 1.165) is 19.8 Å². The van der Waals surface area contributed by atoms with Gasteiger partial charge in [-0.2, -0.15) is 8.78 Å². The second-order valence-electron chi connectivity index (χ2n) is 7.34. The number of alkyl halides is 2. The Labute approximate surface area is 165 Å². The number of nitrogens with zero attached hydrogens (tertiary/aromatic N) is 1. The number of hydrogen-bond donors (Lipinski definition) is 1. The molecule has 154 valence electrons. The molecular weight excluding hydrogens is 393 g/mol. The number of halogens is 3. The fourth-order valence-electron chi connectivity index (χ4n) is 3.06. The van der Waals surface area contributed by atoms with E-state index in [1.165, 1.54) is 19.1 Å². The first-order valence-electron chi connectivity index (χ1n) is 9.12. The molecule has 1 aliphatic rings. The van der Waals surface area contributed by atoms with E-state index in [1.807, 2.05) is 6.92 Å². The molecule has 0 unspecified atom stereocenters. The van der Waals surface area contributed by atoms with Gasteiger partial charge in [0.05, 0.1) is 29.5 Å². The largest absolute Gasteiger partial charge is 0.490 e. The van der Waals surface area contributed by atoms with Crippen LogP contribution in [-0.4, -0.2) is 36.3 Å². The van der Waals surface area contributed by atoms with E-state index in [2.05, 4.69) is 10.3 Å². The van der Waals surface area contributed by atoms with E-state index >= 15 is 0 Å². The first-order chi connectivity index (χ1) is 13.1. The molecule has 1 saturated carbocycles. The number of hydrogen-bond acceptors (Lipinski definition) is 5. The second-order valence-corrected chi connectivity index (χ2v) is 8.34. The van der Waals surface area contributed by atoms with Gasteiger partial charge in [0.2, 0.25) is 5.91 Å². The summed E-state index contributed by atoms with van der Waals surface area (Å²) in [5.41, 5.74) is 0.205. The minimum atomic E-state index is -3.10. The molecule has 0 saturated heterocycles. The van der Waals surface area contributed by atoms with Gasteiger partial charge in [0.1, 0.15) is 0 Å². The maximum Gasteiger partial charge on any atom is 0.296 e. The number of carbonyl (C=O) groups is 1. The van der Waals surface area contributed by atoms with Gasteiger partial charge in [0, 0.05) is 19.9 Å². The summed E-state index contributed by atoms with van der Waals surface area (Å²) in [4.78, 5) is 14.8. The van der Waals surface area contributed by atoms with Gasteiger partial charge < -0.3 is 14.8 Å². The van der Waals surface area contributed by atoms with E-state index in [4.69, 9.17) is 9.47 Å². The van der Waals surface area contributed by atoms with E-state index in [9.17, 15) is 18.0 Å². The second kappa shape index (κ2) is 8.24. The van der Waals surface area contributed by atoms with Gasteiger partial charge in [-0.1, -0.05) is 0 Å². The molecule has 1 aromatic carbocycles. The number of benzene rings is 1. The summed E-state index contributed by atoms with van der Waals surface area (Å²) in [6.07, 6.45) is 1.69. The van der Waals surface area contributed by atoms with Crippen molar-refractivity contribution in [3.63, 3.8) is 0 Å². The normalized spacial score (nSPS) is 20.6. The zero-order chi connectivity index (χ0) is 20.5. The molecular formula is C19H23F3N2O3S. The Hall–Kier alpha value is -1.87. The number of carbonyl (C=O) groups excluding carboxylic acids is 1. The fraction of sp³-hybridized carbons (Fsp3) is 0.579. The summed E-state index contributed by atoms with van der Waals surface area (Å²) in [5, 5.41) is 2.34. The Kier molecular flexibility index (Phi) is 6.14. The molecule has 1 fully saturated rings. The van der Waals surface area contributed by atoms with Crippen LogP contribution in [0.25, 0.3) is 10.2 Å². The van der Waals surface area contributed by atoms with E-state index in [1.54, 1.807) is 0 Å². The molecule has 1 amide bonds. The van der Waals surface area contributed by atoms with Gasteiger partial charge in [-0.15, -0.1) is 11.3 Å². The minimum absolute atomic E-state index is 0.0470. The van der Waals surface area contributed by atoms with Crippen LogP contribution < -0.4 is 10.1 Å². The molecule has 0 radical (unpaired) electrons. The van der Waals surface area contributed by atoms with Crippen molar-refractivity contribution < 1.29 is 27.4 Å². The van der Waals surface area contributed by atoms with Crippen molar-refractivity contribution in [3.05, 3.63) is 23.0 Å². The van der Waals surface area contributed by atoms with Crippen molar-refractivity contribution in [2.75, 3.05) is 13.2 Å². The maximum absolute atomic E-state index is 14.6. The van der Waals surface area contributed by atoms with Gasteiger partial charge >= 0.3 is 0 Å². The zero-order valence-corrected chi connectivity index (χ0v) is 16.7. The highest BCUT2D eigenvalue weighted by Crippen LogP contribution is 2.38. The van der Waals surface area contributed by atoms with Crippen molar-refractivity contribution in [1.29, 1.82) is 0 Å². The maximum atomic E-state index is 14.6. The highest BCUT2D eigenvalue weighted by Gasteiger charge is 2.32. The minimum Gasteiger partial charge on any atom is -0.490 e. The molecule has 1 heterocycles. The summed E-state index contributed by atoms with van der Waals surface area (Å²) < 4.78 is 52.8. The summed E-state index contributed by atoms with van der Waals surface area (Å²) in [5.74, 6) is -3.55. The predicted octanol–water partition coefficient (Wildman–Crippen LogP) is 4.25. The van der Waals surface area contributed by atoms with Crippen molar-refractivity contribution in [3.8, 4) is 5.75 Å². The lowest BCUT2D eigenvalue weighted by molar-refractivity contribution is -0.120. The lowest BCUT2D eigenvalue weighted by Crippen LogP contribution is -2.40. The Morgan fingerprint density at radius 1 is 1.43 bits per heavy atom. The van der Waals surface area contributed by atoms with Crippen LogP contribution in [0.5, 0.6) is 5.75 Å². The van der Waals surface area contributed by atoms with E-state index in [-0.39, 0.29) is 39.9 Å². The number of ether oxygens (including phenoxy) is 2. The predicted molar refractivity (Wildman–Crippen MR) is 100 cm³/mol. The van der Waals surface area contributed by atoms with Gasteiger partial charge in [-0.25, -0.2) is 9.37 Å². The molecule has 5 nitrogen and oxygen atoms in total. The first kappa shape index (κ1) is 20.9. The quantitative estimate of drug-likeness (QED) is 0.699. The van der Waals surface area contributed by atoms with Crippen LogP contribution in [0.4, 0.5) is 13.2 Å². The lowest BCUT2D eigenvalue weighted by Gasteiger charge is -2.35. The third-order valence-corrected chi connectivity index (χ3v) is 5.77. The molecule has 9 heteroatoms. The van der Waals surface area contributed by atoms with Crippen molar-refractivity contribution in [1.82, 2.24) is 10.3 Å². The van der Waals surface area contributed by atoms with Crippen LogP contribution >= 0.6 is 11.3 Å². The average Bonchev–Trinajstić information content (AvgIpc) is 2.99. The smallest absolute Gasteiger partial charge is 0.296 e. The molecule has 28 heavy (non-hydrogen) atoms. The van der Waals surface area contributed by atoms with Crippen LogP contribution in [0.1, 0.15) is 38.6 Å². The third kappa shape index (κ3) is 4.94. The molecule has 1 aliphatic carbocycles. The number of thiazole rings is 1. The van der Waals surface area contributed by atoms with Crippen LogP contribution in [0.3, 0.4) is 0 Å². The van der Waals surface area contributed by atoms with Gasteiger partial charge in [-0.3, -0.25) is 4.79 Å².